The summed E-state index contributed by atoms with van der Waals surface area (Å²) >= 11 is 1.08. The molecule has 31 heavy (non-hydrogen) atoms. The van der Waals surface area contributed by atoms with Crippen LogP contribution in [-0.4, -0.2) is 31.4 Å². The Bertz CT molecular complexity index is 1060. The molecule has 160 valence electrons. The summed E-state index contributed by atoms with van der Waals surface area (Å²) in [5.74, 6) is -1.15. The van der Waals surface area contributed by atoms with Crippen LogP contribution in [0.5, 0.6) is 0 Å². The van der Waals surface area contributed by atoms with E-state index in [0.29, 0.717) is 28.4 Å². The van der Waals surface area contributed by atoms with Gasteiger partial charge in [-0.2, -0.15) is 0 Å². The lowest BCUT2D eigenvalue weighted by molar-refractivity contribution is -0.115. The monoisotopic (exact) mass is 436 g/mol. The van der Waals surface area contributed by atoms with Gasteiger partial charge in [-0.15, -0.1) is 11.3 Å². The highest BCUT2D eigenvalue weighted by molar-refractivity contribution is 7.18. The Balaban J connectivity index is 1.73. The largest absolute Gasteiger partial charge is 0.465 e. The summed E-state index contributed by atoms with van der Waals surface area (Å²) in [6, 6.07) is 19.1. The van der Waals surface area contributed by atoms with Gasteiger partial charge in [-0.1, -0.05) is 60.7 Å². The number of rotatable bonds is 8. The van der Waals surface area contributed by atoms with Crippen molar-refractivity contribution in [2.45, 2.75) is 19.8 Å². The predicted molar refractivity (Wildman–Crippen MR) is 122 cm³/mol. The number of hydrogen-bond donors (Lipinski definition) is 2. The Kier molecular flexibility index (Phi) is 7.56. The summed E-state index contributed by atoms with van der Waals surface area (Å²) in [6.07, 6.45) is 0.860. The Morgan fingerprint density at radius 2 is 1.55 bits per heavy atom. The third-order valence-corrected chi connectivity index (χ3v) is 5.95. The van der Waals surface area contributed by atoms with Gasteiger partial charge in [0.25, 0.3) is 5.91 Å². The molecule has 0 saturated heterocycles. The summed E-state index contributed by atoms with van der Waals surface area (Å²) in [7, 11) is 1.27. The second kappa shape index (κ2) is 10.5. The van der Waals surface area contributed by atoms with Crippen molar-refractivity contribution in [2.24, 2.45) is 0 Å². The first kappa shape index (κ1) is 22.2. The maximum absolute atomic E-state index is 12.7. The second-order valence-corrected chi connectivity index (χ2v) is 7.97. The Morgan fingerprint density at radius 1 is 0.935 bits per heavy atom. The average molecular weight is 437 g/mol. The van der Waals surface area contributed by atoms with Crippen molar-refractivity contribution in [3.8, 4) is 0 Å². The molecule has 2 N–H and O–H groups in total. The fourth-order valence-corrected chi connectivity index (χ4v) is 4.29. The van der Waals surface area contributed by atoms with E-state index in [0.717, 1.165) is 22.5 Å². The number of methoxy groups -OCH3 is 1. The molecule has 0 unspecified atom stereocenters. The first-order valence-electron chi connectivity index (χ1n) is 9.87. The number of thiophene rings is 1. The van der Waals surface area contributed by atoms with Gasteiger partial charge in [0.1, 0.15) is 5.00 Å². The lowest BCUT2D eigenvalue weighted by Gasteiger charge is -2.06. The maximum atomic E-state index is 12.7. The molecule has 0 spiro atoms. The van der Waals surface area contributed by atoms with Crippen molar-refractivity contribution in [1.29, 1.82) is 0 Å². The van der Waals surface area contributed by atoms with E-state index in [1.165, 1.54) is 7.11 Å². The molecule has 0 aliphatic rings. The molecule has 0 bridgehead atoms. The van der Waals surface area contributed by atoms with Gasteiger partial charge in [-0.25, -0.2) is 4.79 Å². The molecule has 0 atom stereocenters. The summed E-state index contributed by atoms with van der Waals surface area (Å²) in [5.41, 5.74) is 2.67. The molecule has 1 heterocycles. The van der Waals surface area contributed by atoms with Gasteiger partial charge >= 0.3 is 5.97 Å². The third-order valence-electron chi connectivity index (χ3n) is 4.75. The topological polar surface area (TPSA) is 84.5 Å². The minimum absolute atomic E-state index is 0.164. The van der Waals surface area contributed by atoms with Crippen molar-refractivity contribution >= 4 is 34.1 Å². The summed E-state index contributed by atoms with van der Waals surface area (Å²) < 4.78 is 4.87. The van der Waals surface area contributed by atoms with Crippen molar-refractivity contribution in [2.75, 3.05) is 19.0 Å². The minimum atomic E-state index is -0.591. The van der Waals surface area contributed by atoms with E-state index in [1.807, 2.05) is 60.7 Å². The second-order valence-electron chi connectivity index (χ2n) is 6.95. The van der Waals surface area contributed by atoms with Crippen molar-refractivity contribution in [3.63, 3.8) is 0 Å². The zero-order valence-electron chi connectivity index (χ0n) is 17.4. The summed E-state index contributed by atoms with van der Waals surface area (Å²) in [6.45, 7) is 2.14. The zero-order valence-corrected chi connectivity index (χ0v) is 18.3. The van der Waals surface area contributed by atoms with E-state index >= 15 is 0 Å². The molecule has 1 aromatic heterocycles. The van der Waals surface area contributed by atoms with E-state index < -0.39 is 5.97 Å². The zero-order chi connectivity index (χ0) is 22.2. The van der Waals surface area contributed by atoms with Crippen LogP contribution in [0, 0.1) is 6.92 Å². The van der Waals surface area contributed by atoms with Crippen LogP contribution in [-0.2, 0) is 22.4 Å². The lowest BCUT2D eigenvalue weighted by atomic mass is 10.1. The van der Waals surface area contributed by atoms with Crippen molar-refractivity contribution in [1.82, 2.24) is 5.32 Å². The van der Waals surface area contributed by atoms with Crippen LogP contribution in [0.1, 0.15) is 36.7 Å². The molecule has 7 heteroatoms. The lowest BCUT2D eigenvalue weighted by Crippen LogP contribution is -2.25. The molecule has 0 saturated carbocycles. The van der Waals surface area contributed by atoms with Crippen LogP contribution in [0.15, 0.2) is 60.7 Å². The average Bonchev–Trinajstić information content (AvgIpc) is 3.10. The van der Waals surface area contributed by atoms with Gasteiger partial charge in [-0.05, 0) is 30.0 Å². The fraction of sp³-hybridized carbons (Fsp3) is 0.208. The SMILES string of the molecule is COC(=O)c1c(NC(=O)Cc2ccccc2)sc(C(=O)NCCc2ccccc2)c1C. The first-order chi connectivity index (χ1) is 15.0. The van der Waals surface area contributed by atoms with Crippen LogP contribution in [0.3, 0.4) is 0 Å². The summed E-state index contributed by atoms with van der Waals surface area (Å²) in [4.78, 5) is 38.0. The highest BCUT2D eigenvalue weighted by Crippen LogP contribution is 2.33. The van der Waals surface area contributed by atoms with E-state index in [1.54, 1.807) is 6.92 Å². The predicted octanol–water partition coefficient (Wildman–Crippen LogP) is 4.00. The molecule has 3 aromatic rings. The molecule has 0 aliphatic carbocycles. The smallest absolute Gasteiger partial charge is 0.341 e. The van der Waals surface area contributed by atoms with Crippen LogP contribution in [0.25, 0.3) is 0 Å². The van der Waals surface area contributed by atoms with Gasteiger partial charge in [0.15, 0.2) is 0 Å². The van der Waals surface area contributed by atoms with E-state index in [9.17, 15) is 14.4 Å². The van der Waals surface area contributed by atoms with Crippen molar-refractivity contribution < 1.29 is 19.1 Å². The third kappa shape index (κ3) is 5.79. The quantitative estimate of drug-likeness (QED) is 0.523. The van der Waals surface area contributed by atoms with Crippen LogP contribution in [0.4, 0.5) is 5.00 Å². The molecule has 0 fully saturated rings. The Labute approximate surface area is 185 Å². The molecule has 6 nitrogen and oxygen atoms in total. The molecule has 2 amide bonds. The van der Waals surface area contributed by atoms with Gasteiger partial charge in [0, 0.05) is 6.54 Å². The van der Waals surface area contributed by atoms with E-state index in [-0.39, 0.29) is 23.8 Å². The fourth-order valence-electron chi connectivity index (χ4n) is 3.16. The maximum Gasteiger partial charge on any atom is 0.341 e. The number of carbonyl (C=O) groups is 3. The minimum Gasteiger partial charge on any atom is -0.465 e. The van der Waals surface area contributed by atoms with E-state index in [2.05, 4.69) is 10.6 Å². The van der Waals surface area contributed by atoms with Gasteiger partial charge in [0.2, 0.25) is 5.91 Å². The Morgan fingerprint density at radius 3 is 2.16 bits per heavy atom. The first-order valence-corrected chi connectivity index (χ1v) is 10.7. The van der Waals surface area contributed by atoms with Gasteiger partial charge < -0.3 is 15.4 Å². The number of hydrogen-bond acceptors (Lipinski definition) is 5. The number of esters is 1. The van der Waals surface area contributed by atoms with E-state index in [4.69, 9.17) is 4.74 Å². The van der Waals surface area contributed by atoms with Crippen LogP contribution in [0.2, 0.25) is 0 Å². The molecule has 0 radical (unpaired) electrons. The number of benzene rings is 2. The van der Waals surface area contributed by atoms with Gasteiger partial charge in [0.05, 0.1) is 24.0 Å². The number of ether oxygens (including phenoxy) is 1. The number of nitrogens with one attached hydrogen (secondary N) is 2. The highest BCUT2D eigenvalue weighted by Gasteiger charge is 2.26. The van der Waals surface area contributed by atoms with Crippen LogP contribution >= 0.6 is 11.3 Å². The molecular formula is C24H24N2O4S. The number of amides is 2. The number of anilines is 1. The van der Waals surface area contributed by atoms with Crippen molar-refractivity contribution in [3.05, 3.63) is 87.8 Å². The standard InChI is InChI=1S/C24H24N2O4S/c1-16-20(24(29)30-2)23(26-19(27)15-18-11-7-4-8-12-18)31-21(16)22(28)25-14-13-17-9-5-3-6-10-17/h3-12H,13-15H2,1-2H3,(H,25,28)(H,26,27). The normalized spacial score (nSPS) is 10.4. The van der Waals surface area contributed by atoms with Gasteiger partial charge in [-0.3, -0.25) is 9.59 Å². The summed E-state index contributed by atoms with van der Waals surface area (Å²) in [5, 5.41) is 5.97. The molecule has 0 aliphatic heterocycles. The molecule has 3 rings (SSSR count). The number of carbonyl (C=O) groups excluding carboxylic acids is 3. The molecular weight excluding hydrogens is 412 g/mol. The Hall–Kier alpha value is -3.45. The van der Waals surface area contributed by atoms with Crippen LogP contribution < -0.4 is 10.6 Å². The highest BCUT2D eigenvalue weighted by atomic mass is 32.1. The molecule has 2 aromatic carbocycles.